The Balaban J connectivity index is 1.86. The Hall–Kier alpha value is -3.40. The average molecular weight is 378 g/mol. The molecule has 7 heteroatoms. The summed E-state index contributed by atoms with van der Waals surface area (Å²) in [5.41, 5.74) is 2.11. The lowest BCUT2D eigenvalue weighted by Crippen LogP contribution is -2.33. The largest absolute Gasteiger partial charge is 0.377 e. The van der Waals surface area contributed by atoms with Gasteiger partial charge in [-0.1, -0.05) is 12.1 Å². The summed E-state index contributed by atoms with van der Waals surface area (Å²) < 4.78 is 0. The van der Waals surface area contributed by atoms with Crippen LogP contribution < -0.4 is 5.32 Å². The number of nitrogens with zero attached hydrogens (tertiary/aromatic N) is 3. The highest BCUT2D eigenvalue weighted by molar-refractivity contribution is 5.96. The summed E-state index contributed by atoms with van der Waals surface area (Å²) in [6.45, 7) is 4.23. The van der Waals surface area contributed by atoms with Crippen LogP contribution in [0.5, 0.6) is 0 Å². The van der Waals surface area contributed by atoms with Crippen molar-refractivity contribution in [2.24, 2.45) is 0 Å². The molecular weight excluding hydrogens is 356 g/mol. The maximum absolute atomic E-state index is 13.1. The number of anilines is 1. The third-order valence-corrected chi connectivity index (χ3v) is 4.97. The fourth-order valence-electron chi connectivity index (χ4n) is 3.16. The van der Waals surface area contributed by atoms with E-state index in [1.807, 2.05) is 26.0 Å². The van der Waals surface area contributed by atoms with Crippen LogP contribution in [-0.2, 0) is 0 Å². The molecule has 0 spiro atoms. The van der Waals surface area contributed by atoms with Gasteiger partial charge in [0.25, 0.3) is 11.6 Å². The van der Waals surface area contributed by atoms with Crippen molar-refractivity contribution in [1.29, 1.82) is 5.26 Å². The molecule has 1 aliphatic rings. The Labute approximate surface area is 163 Å². The van der Waals surface area contributed by atoms with Crippen LogP contribution in [0.2, 0.25) is 0 Å². The van der Waals surface area contributed by atoms with E-state index < -0.39 is 4.92 Å². The quantitative estimate of drug-likeness (QED) is 0.573. The molecule has 1 amide bonds. The van der Waals surface area contributed by atoms with Crippen LogP contribution in [0.15, 0.2) is 42.5 Å². The van der Waals surface area contributed by atoms with E-state index in [4.69, 9.17) is 5.26 Å². The number of nitriles is 1. The number of hydrogen-bond donors (Lipinski definition) is 1. The molecule has 1 aliphatic carbocycles. The maximum Gasteiger partial charge on any atom is 0.293 e. The minimum absolute atomic E-state index is 0.0835. The van der Waals surface area contributed by atoms with Gasteiger partial charge in [0.2, 0.25) is 0 Å². The van der Waals surface area contributed by atoms with Crippen LogP contribution in [0, 0.1) is 21.4 Å². The minimum Gasteiger partial charge on any atom is -0.377 e. The third kappa shape index (κ3) is 4.12. The second kappa shape index (κ2) is 8.09. The molecule has 0 heterocycles. The number of nitrogens with one attached hydrogen (secondary N) is 1. The SMILES string of the molecule is CCN(C(=O)c1ccc(NC2CC2)c([N+](=O)[O-])c1)C(C)c1ccc(C#N)cc1. The zero-order chi connectivity index (χ0) is 20.3. The fourth-order valence-corrected chi connectivity index (χ4v) is 3.16. The van der Waals surface area contributed by atoms with Crippen LogP contribution in [0.4, 0.5) is 11.4 Å². The number of benzene rings is 2. The first-order chi connectivity index (χ1) is 13.4. The van der Waals surface area contributed by atoms with E-state index in [2.05, 4.69) is 11.4 Å². The summed E-state index contributed by atoms with van der Waals surface area (Å²) >= 11 is 0. The Kier molecular flexibility index (Phi) is 5.59. The molecule has 28 heavy (non-hydrogen) atoms. The van der Waals surface area contributed by atoms with Gasteiger partial charge in [-0.25, -0.2) is 0 Å². The molecule has 1 unspecified atom stereocenters. The summed E-state index contributed by atoms with van der Waals surface area (Å²) in [5, 5.41) is 23.5. The standard InChI is InChI=1S/C21H22N4O3/c1-3-24(14(2)16-6-4-15(13-22)5-7-16)21(26)17-8-11-19(23-18-9-10-18)20(12-17)25(27)28/h4-8,11-12,14,18,23H,3,9-10H2,1-2H3. The molecule has 0 bridgehead atoms. The molecule has 3 rings (SSSR count). The minimum atomic E-state index is -0.457. The average Bonchev–Trinajstić information content (AvgIpc) is 3.52. The first kappa shape index (κ1) is 19.4. The highest BCUT2D eigenvalue weighted by Crippen LogP contribution is 2.32. The van der Waals surface area contributed by atoms with Gasteiger partial charge in [0, 0.05) is 24.2 Å². The molecule has 0 aromatic heterocycles. The van der Waals surface area contributed by atoms with E-state index in [0.717, 1.165) is 18.4 Å². The Morgan fingerprint density at radius 3 is 2.54 bits per heavy atom. The zero-order valence-electron chi connectivity index (χ0n) is 15.9. The maximum atomic E-state index is 13.1. The molecule has 0 aliphatic heterocycles. The van der Waals surface area contributed by atoms with Crippen molar-refractivity contribution in [2.45, 2.75) is 38.8 Å². The van der Waals surface area contributed by atoms with Crippen LogP contribution in [0.25, 0.3) is 0 Å². The van der Waals surface area contributed by atoms with Crippen LogP contribution >= 0.6 is 0 Å². The van der Waals surface area contributed by atoms with E-state index in [1.165, 1.54) is 6.07 Å². The molecule has 144 valence electrons. The number of hydrogen-bond acceptors (Lipinski definition) is 5. The molecule has 1 atom stereocenters. The van der Waals surface area contributed by atoms with E-state index in [-0.39, 0.29) is 29.2 Å². The van der Waals surface area contributed by atoms with Crippen molar-refractivity contribution >= 4 is 17.3 Å². The van der Waals surface area contributed by atoms with E-state index in [9.17, 15) is 14.9 Å². The van der Waals surface area contributed by atoms with Gasteiger partial charge in [0.05, 0.1) is 22.6 Å². The lowest BCUT2D eigenvalue weighted by molar-refractivity contribution is -0.384. The monoisotopic (exact) mass is 378 g/mol. The number of nitro groups is 1. The zero-order valence-corrected chi connectivity index (χ0v) is 15.9. The Morgan fingerprint density at radius 1 is 1.32 bits per heavy atom. The van der Waals surface area contributed by atoms with Crippen molar-refractivity contribution in [3.8, 4) is 6.07 Å². The fraction of sp³-hybridized carbons (Fsp3) is 0.333. The molecule has 0 radical (unpaired) electrons. The summed E-state index contributed by atoms with van der Waals surface area (Å²) in [6.07, 6.45) is 2.01. The highest BCUT2D eigenvalue weighted by Gasteiger charge is 2.27. The van der Waals surface area contributed by atoms with E-state index in [1.54, 1.807) is 29.2 Å². The second-order valence-corrected chi connectivity index (χ2v) is 6.91. The predicted octanol–water partition coefficient (Wildman–Crippen LogP) is 4.26. The molecule has 2 aromatic rings. The van der Waals surface area contributed by atoms with Gasteiger partial charge in [-0.3, -0.25) is 14.9 Å². The lowest BCUT2D eigenvalue weighted by atomic mass is 10.0. The second-order valence-electron chi connectivity index (χ2n) is 6.91. The van der Waals surface area contributed by atoms with Crippen LogP contribution in [-0.4, -0.2) is 28.3 Å². The number of amides is 1. The topological polar surface area (TPSA) is 99.3 Å². The first-order valence-corrected chi connectivity index (χ1v) is 9.30. The van der Waals surface area contributed by atoms with Crippen LogP contribution in [0.3, 0.4) is 0 Å². The molecule has 7 nitrogen and oxygen atoms in total. The van der Waals surface area contributed by atoms with Crippen LogP contribution in [0.1, 0.15) is 54.2 Å². The van der Waals surface area contributed by atoms with Crippen molar-refractivity contribution in [1.82, 2.24) is 4.90 Å². The van der Waals surface area contributed by atoms with E-state index in [0.29, 0.717) is 17.8 Å². The van der Waals surface area contributed by atoms with Gasteiger partial charge in [-0.15, -0.1) is 0 Å². The molecule has 1 saturated carbocycles. The first-order valence-electron chi connectivity index (χ1n) is 9.30. The summed E-state index contributed by atoms with van der Waals surface area (Å²) in [4.78, 5) is 25.7. The normalized spacial score (nSPS) is 14.0. The predicted molar refractivity (Wildman–Crippen MR) is 106 cm³/mol. The summed E-state index contributed by atoms with van der Waals surface area (Å²) in [5.74, 6) is -0.263. The third-order valence-electron chi connectivity index (χ3n) is 4.97. The molecular formula is C21H22N4O3. The van der Waals surface area contributed by atoms with E-state index >= 15 is 0 Å². The number of nitro benzene ring substituents is 1. The van der Waals surface area contributed by atoms with Gasteiger partial charge in [0.1, 0.15) is 5.69 Å². The smallest absolute Gasteiger partial charge is 0.293 e. The van der Waals surface area contributed by atoms with Gasteiger partial charge >= 0.3 is 0 Å². The van der Waals surface area contributed by atoms with Crippen molar-refractivity contribution in [3.63, 3.8) is 0 Å². The Morgan fingerprint density at radius 2 is 2.00 bits per heavy atom. The van der Waals surface area contributed by atoms with Gasteiger partial charge in [-0.05, 0) is 56.5 Å². The number of carbonyl (C=O) groups is 1. The van der Waals surface area contributed by atoms with Gasteiger partial charge in [0.15, 0.2) is 0 Å². The van der Waals surface area contributed by atoms with Crippen molar-refractivity contribution < 1.29 is 9.72 Å². The van der Waals surface area contributed by atoms with Crippen molar-refractivity contribution in [3.05, 3.63) is 69.3 Å². The highest BCUT2D eigenvalue weighted by atomic mass is 16.6. The van der Waals surface area contributed by atoms with Gasteiger partial charge < -0.3 is 10.2 Å². The molecule has 1 N–H and O–H groups in total. The molecule has 1 fully saturated rings. The molecule has 0 saturated heterocycles. The van der Waals surface area contributed by atoms with Crippen molar-refractivity contribution in [2.75, 3.05) is 11.9 Å². The molecule has 2 aromatic carbocycles. The summed E-state index contributed by atoms with van der Waals surface area (Å²) in [7, 11) is 0. The number of rotatable bonds is 7. The summed E-state index contributed by atoms with van der Waals surface area (Å²) in [6, 6.07) is 13.8. The van der Waals surface area contributed by atoms with Gasteiger partial charge in [-0.2, -0.15) is 5.26 Å². The lowest BCUT2D eigenvalue weighted by Gasteiger charge is -2.28. The number of carbonyl (C=O) groups excluding carboxylic acids is 1. The Bertz CT molecular complexity index is 930.